The summed E-state index contributed by atoms with van der Waals surface area (Å²) >= 11 is 0. The van der Waals surface area contributed by atoms with E-state index in [4.69, 9.17) is 23.7 Å². The first kappa shape index (κ1) is 22.9. The molecule has 2 fully saturated rings. The molecule has 3 heterocycles. The third-order valence-corrected chi connectivity index (χ3v) is 5.33. The van der Waals surface area contributed by atoms with Gasteiger partial charge in [0, 0.05) is 26.2 Å². The number of rotatable bonds is 8. The van der Waals surface area contributed by atoms with Crippen LogP contribution in [-0.2, 0) is 16.0 Å². The van der Waals surface area contributed by atoms with Crippen molar-refractivity contribution in [3.05, 3.63) is 17.7 Å². The third-order valence-electron chi connectivity index (χ3n) is 5.33. The van der Waals surface area contributed by atoms with Crippen LogP contribution in [0.1, 0.15) is 5.56 Å². The van der Waals surface area contributed by atoms with Crippen LogP contribution in [0.5, 0.6) is 17.2 Å². The predicted molar refractivity (Wildman–Crippen MR) is 120 cm³/mol. The Hall–Kier alpha value is -3.25. The van der Waals surface area contributed by atoms with Gasteiger partial charge < -0.3 is 33.5 Å². The van der Waals surface area contributed by atoms with E-state index in [-0.39, 0.29) is 5.95 Å². The Labute approximate surface area is 192 Å². The molecule has 2 aromatic rings. The lowest BCUT2D eigenvalue weighted by molar-refractivity contribution is 0.121. The van der Waals surface area contributed by atoms with Crippen LogP contribution >= 0.6 is 0 Å². The summed E-state index contributed by atoms with van der Waals surface area (Å²) in [6.45, 7) is 5.70. The first-order chi connectivity index (χ1) is 16.2. The number of nitrogens with zero attached hydrogens (tertiary/aromatic N) is 7. The number of azo groups is 1. The molecule has 0 bridgehead atoms. The first-order valence-electron chi connectivity index (χ1n) is 10.8. The quantitative estimate of drug-likeness (QED) is 0.542. The molecule has 33 heavy (non-hydrogen) atoms. The Kier molecular flexibility index (Phi) is 7.68. The summed E-state index contributed by atoms with van der Waals surface area (Å²) in [6.07, 6.45) is 0. The maximum Gasteiger partial charge on any atom is 0.275 e. The van der Waals surface area contributed by atoms with E-state index >= 15 is 0 Å². The molecular weight excluding hydrogens is 430 g/mol. The SMILES string of the molecule is COc1cc(CN=Nc2nc(N3CCOCC3)nc(N3CCOCC3)n2)cc(OC)c1OC. The minimum absolute atomic E-state index is 0.264. The van der Waals surface area contributed by atoms with Crippen molar-refractivity contribution in [3.63, 3.8) is 0 Å². The summed E-state index contributed by atoms with van der Waals surface area (Å²) in [7, 11) is 4.72. The number of aromatic nitrogens is 3. The van der Waals surface area contributed by atoms with Gasteiger partial charge in [-0.05, 0) is 17.7 Å². The highest BCUT2D eigenvalue weighted by Crippen LogP contribution is 2.38. The van der Waals surface area contributed by atoms with Crippen LogP contribution in [0.15, 0.2) is 22.4 Å². The molecule has 2 saturated heterocycles. The Morgan fingerprint density at radius 3 is 1.76 bits per heavy atom. The summed E-state index contributed by atoms with van der Waals surface area (Å²) < 4.78 is 27.1. The van der Waals surface area contributed by atoms with Gasteiger partial charge in [0.25, 0.3) is 5.95 Å². The molecule has 0 radical (unpaired) electrons. The average molecular weight is 460 g/mol. The molecule has 12 heteroatoms. The highest BCUT2D eigenvalue weighted by Gasteiger charge is 2.20. The van der Waals surface area contributed by atoms with Gasteiger partial charge >= 0.3 is 0 Å². The number of hydrogen-bond acceptors (Lipinski definition) is 12. The molecule has 0 amide bonds. The molecule has 0 N–H and O–H groups in total. The van der Waals surface area contributed by atoms with E-state index in [9.17, 15) is 0 Å². The largest absolute Gasteiger partial charge is 0.493 e. The van der Waals surface area contributed by atoms with Gasteiger partial charge in [0.15, 0.2) is 11.5 Å². The Morgan fingerprint density at radius 2 is 1.30 bits per heavy atom. The zero-order valence-corrected chi connectivity index (χ0v) is 19.2. The van der Waals surface area contributed by atoms with Crippen molar-refractivity contribution in [3.8, 4) is 17.2 Å². The van der Waals surface area contributed by atoms with Gasteiger partial charge in [-0.25, -0.2) is 0 Å². The number of methoxy groups -OCH3 is 3. The van der Waals surface area contributed by atoms with Gasteiger partial charge in [0.2, 0.25) is 17.6 Å². The van der Waals surface area contributed by atoms with Crippen molar-refractivity contribution in [1.29, 1.82) is 0 Å². The van der Waals surface area contributed by atoms with Crippen molar-refractivity contribution in [2.45, 2.75) is 6.54 Å². The van der Waals surface area contributed by atoms with Crippen LogP contribution < -0.4 is 24.0 Å². The van der Waals surface area contributed by atoms with Crippen molar-refractivity contribution < 1.29 is 23.7 Å². The van der Waals surface area contributed by atoms with E-state index in [0.717, 1.165) is 5.56 Å². The van der Waals surface area contributed by atoms with E-state index in [1.807, 2.05) is 12.1 Å². The van der Waals surface area contributed by atoms with Crippen molar-refractivity contribution >= 4 is 17.8 Å². The summed E-state index contributed by atoms with van der Waals surface area (Å²) in [6, 6.07) is 3.68. The van der Waals surface area contributed by atoms with Crippen LogP contribution in [0.2, 0.25) is 0 Å². The first-order valence-corrected chi connectivity index (χ1v) is 10.8. The fourth-order valence-corrected chi connectivity index (χ4v) is 3.60. The second kappa shape index (κ2) is 11.1. The minimum atomic E-state index is 0.264. The predicted octanol–water partition coefficient (Wildman–Crippen LogP) is 1.85. The molecular formula is C21H29N7O5. The third kappa shape index (κ3) is 5.57. The molecule has 1 aromatic heterocycles. The molecule has 0 saturated carbocycles. The lowest BCUT2D eigenvalue weighted by Gasteiger charge is -2.29. The van der Waals surface area contributed by atoms with Gasteiger partial charge in [-0.2, -0.15) is 20.1 Å². The average Bonchev–Trinajstić information content (AvgIpc) is 2.89. The van der Waals surface area contributed by atoms with Crippen molar-refractivity contribution in [2.24, 2.45) is 10.2 Å². The minimum Gasteiger partial charge on any atom is -0.493 e. The molecule has 2 aliphatic rings. The Morgan fingerprint density at radius 1 is 0.788 bits per heavy atom. The van der Waals surface area contributed by atoms with E-state index in [2.05, 4.69) is 35.0 Å². The summed E-state index contributed by atoms with van der Waals surface area (Å²) in [4.78, 5) is 17.9. The molecule has 2 aliphatic heterocycles. The number of morpholine rings is 2. The highest BCUT2D eigenvalue weighted by molar-refractivity contribution is 5.53. The fraction of sp³-hybridized carbons (Fsp3) is 0.571. The number of benzene rings is 1. The van der Waals surface area contributed by atoms with E-state index in [1.165, 1.54) is 0 Å². The van der Waals surface area contributed by atoms with E-state index in [0.29, 0.717) is 88.3 Å². The number of ether oxygens (including phenoxy) is 5. The van der Waals surface area contributed by atoms with Gasteiger partial charge in [-0.15, -0.1) is 5.11 Å². The van der Waals surface area contributed by atoms with Crippen LogP contribution in [0.4, 0.5) is 17.8 Å². The van der Waals surface area contributed by atoms with Gasteiger partial charge in [-0.3, -0.25) is 0 Å². The lowest BCUT2D eigenvalue weighted by Crippen LogP contribution is -2.39. The standard InChI is InChI=1S/C21H29N7O5/c1-29-16-12-15(13-17(30-2)18(16)31-3)14-22-26-19-23-20(27-4-8-32-9-5-27)25-21(24-19)28-6-10-33-11-7-28/h12-13H,4-11,14H2,1-3H3. The molecule has 0 spiro atoms. The van der Waals surface area contributed by atoms with Crippen molar-refractivity contribution in [2.75, 3.05) is 83.7 Å². The maximum atomic E-state index is 5.45. The lowest BCUT2D eigenvalue weighted by atomic mass is 10.2. The fourth-order valence-electron chi connectivity index (χ4n) is 3.60. The zero-order chi connectivity index (χ0) is 23.0. The summed E-state index contributed by atoms with van der Waals surface area (Å²) in [5.74, 6) is 3.08. The smallest absolute Gasteiger partial charge is 0.275 e. The topological polar surface area (TPSA) is 116 Å². The molecule has 0 atom stereocenters. The second-order valence-electron chi connectivity index (χ2n) is 7.37. The van der Waals surface area contributed by atoms with Crippen LogP contribution in [-0.4, -0.2) is 88.9 Å². The highest BCUT2D eigenvalue weighted by atomic mass is 16.5. The van der Waals surface area contributed by atoms with Gasteiger partial charge in [-0.1, -0.05) is 0 Å². The number of anilines is 2. The Balaban J connectivity index is 1.57. The van der Waals surface area contributed by atoms with Crippen LogP contribution in [0.3, 0.4) is 0 Å². The normalized spacial score (nSPS) is 16.8. The van der Waals surface area contributed by atoms with E-state index in [1.54, 1.807) is 21.3 Å². The molecule has 4 rings (SSSR count). The van der Waals surface area contributed by atoms with E-state index < -0.39 is 0 Å². The maximum absolute atomic E-state index is 5.45. The summed E-state index contributed by atoms with van der Waals surface area (Å²) in [5, 5.41) is 8.62. The van der Waals surface area contributed by atoms with Crippen LogP contribution in [0, 0.1) is 0 Å². The molecule has 12 nitrogen and oxygen atoms in total. The molecule has 0 aliphatic carbocycles. The number of hydrogen-bond donors (Lipinski definition) is 0. The molecule has 1 aromatic carbocycles. The summed E-state index contributed by atoms with van der Waals surface area (Å²) in [5.41, 5.74) is 0.851. The van der Waals surface area contributed by atoms with Crippen LogP contribution in [0.25, 0.3) is 0 Å². The Bertz CT molecular complexity index is 901. The second-order valence-corrected chi connectivity index (χ2v) is 7.37. The molecule has 0 unspecified atom stereocenters. The van der Waals surface area contributed by atoms with Crippen molar-refractivity contribution in [1.82, 2.24) is 15.0 Å². The van der Waals surface area contributed by atoms with Gasteiger partial charge in [0.05, 0.1) is 54.3 Å². The molecule has 178 valence electrons. The monoisotopic (exact) mass is 459 g/mol. The zero-order valence-electron chi connectivity index (χ0n) is 19.2. The van der Waals surface area contributed by atoms with Gasteiger partial charge in [0.1, 0.15) is 0 Å².